The van der Waals surface area contributed by atoms with Gasteiger partial charge in [-0.2, -0.15) is 5.10 Å². The Morgan fingerprint density at radius 3 is 2.52 bits per heavy atom. The van der Waals surface area contributed by atoms with E-state index in [2.05, 4.69) is 27.6 Å². The van der Waals surface area contributed by atoms with E-state index in [0.717, 1.165) is 17.0 Å². The van der Waals surface area contributed by atoms with E-state index in [-0.39, 0.29) is 18.1 Å². The first-order chi connectivity index (χ1) is 14.0. The van der Waals surface area contributed by atoms with Crippen LogP contribution in [0.25, 0.3) is 5.65 Å². The number of aromatic nitrogens is 5. The highest BCUT2D eigenvalue weighted by Crippen LogP contribution is 2.14. The van der Waals surface area contributed by atoms with Crippen molar-refractivity contribution in [2.75, 3.05) is 0 Å². The average Bonchev–Trinajstić information content (AvgIpc) is 3.17. The molecule has 0 aliphatic rings. The molecule has 0 aliphatic carbocycles. The quantitative estimate of drug-likeness (QED) is 0.543. The summed E-state index contributed by atoms with van der Waals surface area (Å²) in [6.07, 6.45) is 1.63. The summed E-state index contributed by atoms with van der Waals surface area (Å²) >= 11 is 0. The Morgan fingerprint density at radius 2 is 1.76 bits per heavy atom. The Labute approximate surface area is 167 Å². The highest BCUT2D eigenvalue weighted by Gasteiger charge is 2.14. The molecule has 0 saturated carbocycles. The minimum Gasteiger partial charge on any atom is -0.350 e. The minimum absolute atomic E-state index is 0.128. The van der Waals surface area contributed by atoms with Gasteiger partial charge >= 0.3 is 5.69 Å². The van der Waals surface area contributed by atoms with Gasteiger partial charge in [-0.05, 0) is 31.5 Å². The lowest BCUT2D eigenvalue weighted by atomic mass is 10.2. The maximum atomic E-state index is 12.4. The fourth-order valence-corrected chi connectivity index (χ4v) is 3.35. The molecule has 8 nitrogen and oxygen atoms in total. The summed E-state index contributed by atoms with van der Waals surface area (Å²) in [6.45, 7) is 4.84. The number of benzene rings is 1. The fraction of sp³-hybridized carbons (Fsp3) is 0.238. The SMILES string of the molecule is Cc1nn(Cc2ccccc2)c(C)c1CNC(=O)Cn1nc2ccccn2c1=O. The van der Waals surface area contributed by atoms with E-state index in [1.165, 1.54) is 14.6 Å². The van der Waals surface area contributed by atoms with Crippen molar-refractivity contribution >= 4 is 11.6 Å². The third-order valence-electron chi connectivity index (χ3n) is 4.95. The van der Waals surface area contributed by atoms with Gasteiger partial charge in [0.25, 0.3) is 0 Å². The largest absolute Gasteiger partial charge is 0.350 e. The van der Waals surface area contributed by atoms with Gasteiger partial charge in [0, 0.05) is 24.0 Å². The summed E-state index contributed by atoms with van der Waals surface area (Å²) in [5.41, 5.74) is 4.22. The monoisotopic (exact) mass is 390 g/mol. The van der Waals surface area contributed by atoms with Gasteiger partial charge in [-0.1, -0.05) is 36.4 Å². The molecule has 29 heavy (non-hydrogen) atoms. The van der Waals surface area contributed by atoms with Crippen LogP contribution in [0.5, 0.6) is 0 Å². The van der Waals surface area contributed by atoms with E-state index >= 15 is 0 Å². The molecule has 0 atom stereocenters. The molecule has 1 N–H and O–H groups in total. The van der Waals surface area contributed by atoms with Crippen molar-refractivity contribution < 1.29 is 4.79 Å². The third kappa shape index (κ3) is 3.82. The van der Waals surface area contributed by atoms with Crippen molar-refractivity contribution in [3.8, 4) is 0 Å². The average molecular weight is 390 g/mol. The minimum atomic E-state index is -0.334. The van der Waals surface area contributed by atoms with E-state index in [1.54, 1.807) is 24.4 Å². The normalized spacial score (nSPS) is 11.1. The molecule has 0 radical (unpaired) electrons. The molecule has 0 bridgehead atoms. The summed E-state index contributed by atoms with van der Waals surface area (Å²) < 4.78 is 4.52. The Balaban J connectivity index is 1.44. The van der Waals surface area contributed by atoms with Crippen LogP contribution < -0.4 is 11.0 Å². The molecule has 3 heterocycles. The number of fused-ring (bicyclic) bond motifs is 1. The van der Waals surface area contributed by atoms with Crippen LogP contribution in [0.2, 0.25) is 0 Å². The van der Waals surface area contributed by atoms with Gasteiger partial charge in [0.1, 0.15) is 6.54 Å². The second-order valence-electron chi connectivity index (χ2n) is 6.94. The van der Waals surface area contributed by atoms with Gasteiger partial charge in [-0.25, -0.2) is 9.48 Å². The van der Waals surface area contributed by atoms with Gasteiger partial charge < -0.3 is 5.32 Å². The number of rotatable bonds is 6. The van der Waals surface area contributed by atoms with Crippen molar-refractivity contribution in [1.29, 1.82) is 0 Å². The van der Waals surface area contributed by atoms with Crippen LogP contribution in [-0.4, -0.2) is 29.9 Å². The Morgan fingerprint density at radius 1 is 1.00 bits per heavy atom. The van der Waals surface area contributed by atoms with Crippen LogP contribution in [-0.2, 0) is 24.4 Å². The first-order valence-corrected chi connectivity index (χ1v) is 9.40. The summed E-state index contributed by atoms with van der Waals surface area (Å²) in [6, 6.07) is 15.4. The molecule has 1 amide bonds. The van der Waals surface area contributed by atoms with E-state index < -0.39 is 0 Å². The van der Waals surface area contributed by atoms with Crippen LogP contribution in [0.4, 0.5) is 0 Å². The zero-order chi connectivity index (χ0) is 20.4. The van der Waals surface area contributed by atoms with Crippen LogP contribution in [0.1, 0.15) is 22.5 Å². The summed E-state index contributed by atoms with van der Waals surface area (Å²) in [5, 5.41) is 11.7. The lowest BCUT2D eigenvalue weighted by molar-refractivity contribution is -0.122. The molecule has 0 fully saturated rings. The summed E-state index contributed by atoms with van der Waals surface area (Å²) in [5.74, 6) is -0.273. The van der Waals surface area contributed by atoms with Crippen LogP contribution >= 0.6 is 0 Å². The number of nitrogens with zero attached hydrogens (tertiary/aromatic N) is 5. The lowest BCUT2D eigenvalue weighted by Gasteiger charge is -2.07. The Bertz CT molecular complexity index is 1220. The second kappa shape index (κ2) is 7.75. The molecule has 4 aromatic rings. The smallest absolute Gasteiger partial charge is 0.350 e. The molecule has 4 rings (SSSR count). The number of hydrogen-bond acceptors (Lipinski definition) is 4. The first kappa shape index (κ1) is 18.7. The van der Waals surface area contributed by atoms with E-state index in [4.69, 9.17) is 0 Å². The maximum Gasteiger partial charge on any atom is 0.350 e. The summed E-state index contributed by atoms with van der Waals surface area (Å²) in [4.78, 5) is 24.7. The molecule has 8 heteroatoms. The van der Waals surface area contributed by atoms with Crippen LogP contribution in [0.15, 0.2) is 59.5 Å². The van der Waals surface area contributed by atoms with E-state index in [9.17, 15) is 9.59 Å². The predicted octanol–water partition coefficient (Wildman–Crippen LogP) is 1.67. The Kier molecular flexibility index (Phi) is 4.99. The van der Waals surface area contributed by atoms with Gasteiger partial charge in [-0.3, -0.25) is 13.9 Å². The second-order valence-corrected chi connectivity index (χ2v) is 6.94. The van der Waals surface area contributed by atoms with Crippen molar-refractivity contribution in [3.05, 3.63) is 87.7 Å². The highest BCUT2D eigenvalue weighted by atomic mass is 16.2. The molecule has 0 unspecified atom stereocenters. The number of amides is 1. The van der Waals surface area contributed by atoms with Crippen molar-refractivity contribution in [3.63, 3.8) is 0 Å². The van der Waals surface area contributed by atoms with E-state index in [0.29, 0.717) is 18.7 Å². The molecule has 0 spiro atoms. The van der Waals surface area contributed by atoms with Gasteiger partial charge in [-0.15, -0.1) is 5.10 Å². The maximum absolute atomic E-state index is 12.4. The van der Waals surface area contributed by atoms with Crippen molar-refractivity contribution in [2.24, 2.45) is 0 Å². The number of pyridine rings is 1. The Hall–Kier alpha value is -3.68. The lowest BCUT2D eigenvalue weighted by Crippen LogP contribution is -2.32. The van der Waals surface area contributed by atoms with Crippen molar-refractivity contribution in [2.45, 2.75) is 33.5 Å². The third-order valence-corrected chi connectivity index (χ3v) is 4.95. The predicted molar refractivity (Wildman–Crippen MR) is 109 cm³/mol. The number of aryl methyl sites for hydroxylation is 1. The topological polar surface area (TPSA) is 86.2 Å². The van der Waals surface area contributed by atoms with Gasteiger partial charge in [0.05, 0.1) is 12.2 Å². The number of carbonyl (C=O) groups is 1. The zero-order valence-electron chi connectivity index (χ0n) is 16.4. The molecule has 148 valence electrons. The van der Waals surface area contributed by atoms with Crippen molar-refractivity contribution in [1.82, 2.24) is 29.3 Å². The molecule has 0 aliphatic heterocycles. The number of carbonyl (C=O) groups excluding carboxylic acids is 1. The molecular weight excluding hydrogens is 368 g/mol. The molecule has 1 aromatic carbocycles. The number of hydrogen-bond donors (Lipinski definition) is 1. The molecule has 3 aromatic heterocycles. The zero-order valence-corrected chi connectivity index (χ0v) is 16.4. The number of nitrogens with one attached hydrogen (secondary N) is 1. The van der Waals surface area contributed by atoms with Crippen LogP contribution in [0.3, 0.4) is 0 Å². The first-order valence-electron chi connectivity index (χ1n) is 9.40. The highest BCUT2D eigenvalue weighted by molar-refractivity contribution is 5.75. The molecule has 0 saturated heterocycles. The summed E-state index contributed by atoms with van der Waals surface area (Å²) in [7, 11) is 0. The molecular formula is C21H22N6O2. The fourth-order valence-electron chi connectivity index (χ4n) is 3.35. The van der Waals surface area contributed by atoms with E-state index in [1.807, 2.05) is 36.7 Å². The van der Waals surface area contributed by atoms with Gasteiger partial charge in [0.15, 0.2) is 5.65 Å². The van der Waals surface area contributed by atoms with Crippen LogP contribution in [0, 0.1) is 13.8 Å². The standard InChI is InChI=1S/C21H22N6O2/c1-15-18(16(2)26(23-15)13-17-8-4-3-5-9-17)12-22-20(28)14-27-21(29)25-11-7-6-10-19(25)24-27/h3-11H,12-14H2,1-2H3,(H,22,28). The van der Waals surface area contributed by atoms with Gasteiger partial charge in [0.2, 0.25) is 5.91 Å².